The molecule has 1 aliphatic rings. The van der Waals surface area contributed by atoms with E-state index < -0.39 is 10.9 Å². The Morgan fingerprint density at radius 3 is 2.40 bits per heavy atom. The molecule has 0 spiro atoms. The second-order valence-corrected chi connectivity index (χ2v) is 7.33. The number of non-ortho nitro benzene ring substituents is 1. The summed E-state index contributed by atoms with van der Waals surface area (Å²) in [5.41, 5.74) is 0.699. The second-order valence-electron chi connectivity index (χ2n) is 6.08. The Bertz CT molecular complexity index is 1260. The van der Waals surface area contributed by atoms with Crippen LogP contribution in [0.25, 0.3) is 17.4 Å². The molecule has 0 aliphatic carbocycles. The molecule has 0 atom stereocenters. The van der Waals surface area contributed by atoms with Gasteiger partial charge in [-0.15, -0.1) is 0 Å². The van der Waals surface area contributed by atoms with Gasteiger partial charge < -0.3 is 9.15 Å². The van der Waals surface area contributed by atoms with E-state index in [0.717, 1.165) is 6.07 Å². The fraction of sp³-hybridized carbons (Fsp3) is 0. The van der Waals surface area contributed by atoms with Crippen LogP contribution in [0.3, 0.4) is 0 Å². The van der Waals surface area contributed by atoms with Gasteiger partial charge in [-0.1, -0.05) is 34.8 Å². The molecule has 0 fully saturated rings. The van der Waals surface area contributed by atoms with Crippen LogP contribution in [-0.4, -0.2) is 16.8 Å². The third-order valence-corrected chi connectivity index (χ3v) is 4.98. The monoisotopic (exact) mass is 462 g/mol. The van der Waals surface area contributed by atoms with Crippen molar-refractivity contribution < 1.29 is 18.9 Å². The van der Waals surface area contributed by atoms with Crippen molar-refractivity contribution in [3.8, 4) is 11.3 Å². The highest BCUT2D eigenvalue weighted by atomic mass is 35.5. The number of rotatable bonds is 4. The molecular formula is C20H9Cl3N2O5. The highest BCUT2D eigenvalue weighted by Crippen LogP contribution is 2.33. The van der Waals surface area contributed by atoms with Gasteiger partial charge in [0.25, 0.3) is 5.69 Å². The van der Waals surface area contributed by atoms with Gasteiger partial charge in [-0.25, -0.2) is 9.79 Å². The maximum Gasteiger partial charge on any atom is 0.363 e. The number of hydrogen-bond acceptors (Lipinski definition) is 6. The van der Waals surface area contributed by atoms with Gasteiger partial charge in [-0.3, -0.25) is 10.1 Å². The van der Waals surface area contributed by atoms with Gasteiger partial charge in [0, 0.05) is 28.8 Å². The number of aliphatic imine (C=N–C) groups is 1. The zero-order valence-corrected chi connectivity index (χ0v) is 17.0. The molecule has 0 amide bonds. The molecule has 2 heterocycles. The summed E-state index contributed by atoms with van der Waals surface area (Å²) in [6.07, 6.45) is 1.40. The van der Waals surface area contributed by atoms with Crippen LogP contribution in [0, 0.1) is 10.1 Å². The first-order valence-electron chi connectivity index (χ1n) is 8.34. The van der Waals surface area contributed by atoms with Crippen LogP contribution in [0.4, 0.5) is 5.69 Å². The Hall–Kier alpha value is -3.13. The molecular weight excluding hydrogens is 455 g/mol. The zero-order valence-electron chi connectivity index (χ0n) is 14.8. The van der Waals surface area contributed by atoms with Crippen LogP contribution in [0.15, 0.2) is 63.6 Å². The smallest absolute Gasteiger partial charge is 0.363 e. The number of hydrogen-bond donors (Lipinski definition) is 0. The number of ether oxygens (including phenoxy) is 1. The van der Waals surface area contributed by atoms with Crippen molar-refractivity contribution in [1.82, 2.24) is 0 Å². The minimum Gasteiger partial charge on any atom is -0.457 e. The number of carbonyl (C=O) groups excluding carboxylic acids is 1. The summed E-state index contributed by atoms with van der Waals surface area (Å²) in [5.74, 6) is 0.0702. The molecule has 1 aliphatic heterocycles. The van der Waals surface area contributed by atoms with Crippen molar-refractivity contribution in [3.63, 3.8) is 0 Å². The van der Waals surface area contributed by atoms with E-state index in [-0.39, 0.29) is 27.9 Å². The van der Waals surface area contributed by atoms with Gasteiger partial charge in [0.15, 0.2) is 5.70 Å². The van der Waals surface area contributed by atoms with E-state index in [0.29, 0.717) is 27.1 Å². The number of cyclic esters (lactones) is 1. The molecule has 0 unspecified atom stereocenters. The van der Waals surface area contributed by atoms with E-state index in [1.807, 2.05) is 0 Å². The Morgan fingerprint density at radius 1 is 0.967 bits per heavy atom. The molecule has 0 radical (unpaired) electrons. The van der Waals surface area contributed by atoms with E-state index in [9.17, 15) is 14.9 Å². The molecule has 2 aromatic carbocycles. The predicted octanol–water partition coefficient (Wildman–Crippen LogP) is 6.16. The lowest BCUT2D eigenvalue weighted by Crippen LogP contribution is -2.06. The molecule has 0 saturated carbocycles. The summed E-state index contributed by atoms with van der Waals surface area (Å²) in [5, 5.41) is 11.8. The zero-order chi connectivity index (χ0) is 21.4. The number of nitro benzene ring substituents is 1. The van der Waals surface area contributed by atoms with Crippen molar-refractivity contribution in [3.05, 3.63) is 90.7 Å². The summed E-state index contributed by atoms with van der Waals surface area (Å²) in [7, 11) is 0. The molecule has 10 heteroatoms. The van der Waals surface area contributed by atoms with Gasteiger partial charge in [0.2, 0.25) is 5.90 Å². The van der Waals surface area contributed by atoms with E-state index in [2.05, 4.69) is 4.99 Å². The summed E-state index contributed by atoms with van der Waals surface area (Å²) >= 11 is 18.2. The molecule has 4 rings (SSSR count). The number of halogens is 3. The quantitative estimate of drug-likeness (QED) is 0.200. The summed E-state index contributed by atoms with van der Waals surface area (Å²) in [4.78, 5) is 26.6. The summed E-state index contributed by atoms with van der Waals surface area (Å²) in [6.45, 7) is 0. The number of nitro groups is 1. The largest absolute Gasteiger partial charge is 0.457 e. The Balaban J connectivity index is 1.63. The molecule has 7 nitrogen and oxygen atoms in total. The van der Waals surface area contributed by atoms with E-state index in [1.54, 1.807) is 30.3 Å². The first-order valence-corrected chi connectivity index (χ1v) is 9.47. The van der Waals surface area contributed by atoms with E-state index >= 15 is 0 Å². The van der Waals surface area contributed by atoms with Crippen LogP contribution in [0.2, 0.25) is 15.1 Å². The minimum absolute atomic E-state index is 0.0116. The number of nitrogens with zero attached hydrogens (tertiary/aromatic N) is 2. The first-order chi connectivity index (χ1) is 14.3. The highest BCUT2D eigenvalue weighted by Gasteiger charge is 2.27. The Morgan fingerprint density at radius 2 is 1.70 bits per heavy atom. The standard InChI is InChI=1S/C20H9Cl3N2O5/c21-10-1-4-13(15(22)7-10)18-6-3-12(29-18)9-17-20(26)30-19(24-17)14-5-2-11(25(27)28)8-16(14)23/h1-9H. The average Bonchev–Trinajstić information content (AvgIpc) is 3.29. The number of esters is 1. The van der Waals surface area contributed by atoms with Crippen LogP contribution in [0.1, 0.15) is 11.3 Å². The molecule has 3 aromatic rings. The van der Waals surface area contributed by atoms with Crippen molar-refractivity contribution in [2.75, 3.05) is 0 Å². The lowest BCUT2D eigenvalue weighted by molar-refractivity contribution is -0.384. The lowest BCUT2D eigenvalue weighted by atomic mass is 10.2. The van der Waals surface area contributed by atoms with E-state index in [4.69, 9.17) is 44.0 Å². The van der Waals surface area contributed by atoms with Crippen molar-refractivity contribution in [1.29, 1.82) is 0 Å². The van der Waals surface area contributed by atoms with Crippen LogP contribution in [0.5, 0.6) is 0 Å². The predicted molar refractivity (Wildman–Crippen MR) is 113 cm³/mol. The van der Waals surface area contributed by atoms with Gasteiger partial charge in [0.05, 0.1) is 20.5 Å². The average molecular weight is 464 g/mol. The molecule has 30 heavy (non-hydrogen) atoms. The summed E-state index contributed by atoms with van der Waals surface area (Å²) in [6, 6.07) is 12.1. The minimum atomic E-state index is -0.707. The van der Waals surface area contributed by atoms with Gasteiger partial charge in [0.1, 0.15) is 11.5 Å². The van der Waals surface area contributed by atoms with Crippen molar-refractivity contribution in [2.45, 2.75) is 0 Å². The number of benzene rings is 2. The van der Waals surface area contributed by atoms with Crippen molar-refractivity contribution in [2.24, 2.45) is 4.99 Å². The fourth-order valence-corrected chi connectivity index (χ4v) is 3.47. The van der Waals surface area contributed by atoms with Crippen LogP contribution in [-0.2, 0) is 9.53 Å². The maximum atomic E-state index is 12.2. The normalized spacial score (nSPS) is 14.7. The van der Waals surface area contributed by atoms with Gasteiger partial charge in [-0.2, -0.15) is 0 Å². The van der Waals surface area contributed by atoms with Gasteiger partial charge >= 0.3 is 5.97 Å². The molecule has 150 valence electrons. The fourth-order valence-electron chi connectivity index (χ4n) is 2.71. The topological polar surface area (TPSA) is 94.9 Å². The summed E-state index contributed by atoms with van der Waals surface area (Å²) < 4.78 is 10.9. The molecule has 0 bridgehead atoms. The Labute approximate surface area is 184 Å². The maximum absolute atomic E-state index is 12.2. The Kier molecular flexibility index (Phi) is 5.34. The second kappa shape index (κ2) is 7.95. The van der Waals surface area contributed by atoms with E-state index in [1.165, 1.54) is 18.2 Å². The first kappa shape index (κ1) is 20.2. The SMILES string of the molecule is O=C1OC(c2ccc([N+](=O)[O-])cc2Cl)=NC1=Cc1ccc(-c2ccc(Cl)cc2Cl)o1. The molecule has 1 aromatic heterocycles. The third-order valence-electron chi connectivity index (χ3n) is 4.12. The van der Waals surface area contributed by atoms with Crippen molar-refractivity contribution >= 4 is 58.4 Å². The lowest BCUT2D eigenvalue weighted by Gasteiger charge is -2.02. The number of furan rings is 1. The van der Waals surface area contributed by atoms with Crippen LogP contribution < -0.4 is 0 Å². The highest BCUT2D eigenvalue weighted by molar-refractivity contribution is 6.36. The number of carbonyl (C=O) groups is 1. The molecule has 0 saturated heterocycles. The van der Waals surface area contributed by atoms with Crippen LogP contribution >= 0.6 is 34.8 Å². The third kappa shape index (κ3) is 3.95. The molecule has 0 N–H and O–H groups in total. The van der Waals surface area contributed by atoms with Gasteiger partial charge in [-0.05, 0) is 36.4 Å².